The van der Waals surface area contributed by atoms with E-state index in [-0.39, 0.29) is 11.4 Å². The van der Waals surface area contributed by atoms with Crippen LogP contribution in [0.4, 0.5) is 16.5 Å². The minimum Gasteiger partial charge on any atom is -0.384 e. The number of nitrogens with zero attached hydrogens (tertiary/aromatic N) is 4. The smallest absolute Gasteiger partial charge is 0.300 e. The summed E-state index contributed by atoms with van der Waals surface area (Å²) in [6.07, 6.45) is 2.27. The van der Waals surface area contributed by atoms with Crippen LogP contribution < -0.4 is 11.1 Å². The highest BCUT2D eigenvalue weighted by Crippen LogP contribution is 2.21. The molecule has 2 aromatic heterocycles. The molecular formula is C8H6N6O3S. The third-order valence-corrected chi connectivity index (χ3v) is 2.52. The first kappa shape index (κ1) is 11.9. The van der Waals surface area contributed by atoms with E-state index in [2.05, 4.69) is 19.9 Å². The SMILES string of the molecule is Nc1cc(C(=O)Nc2cnns2)c([N+](=O)[O-])cn1. The van der Waals surface area contributed by atoms with Gasteiger partial charge in [-0.25, -0.2) is 4.98 Å². The van der Waals surface area contributed by atoms with Crippen molar-refractivity contribution in [1.82, 2.24) is 14.6 Å². The zero-order valence-corrected chi connectivity index (χ0v) is 9.55. The van der Waals surface area contributed by atoms with Gasteiger partial charge in [-0.2, -0.15) is 0 Å². The maximum absolute atomic E-state index is 11.8. The van der Waals surface area contributed by atoms with Crippen molar-refractivity contribution in [1.29, 1.82) is 0 Å². The molecule has 0 saturated carbocycles. The van der Waals surface area contributed by atoms with E-state index >= 15 is 0 Å². The van der Waals surface area contributed by atoms with Crippen molar-refractivity contribution < 1.29 is 9.72 Å². The number of carbonyl (C=O) groups excluding carboxylic acids is 1. The first-order chi connectivity index (χ1) is 8.58. The summed E-state index contributed by atoms with van der Waals surface area (Å²) in [5, 5.41) is 17.1. The third-order valence-electron chi connectivity index (χ3n) is 1.94. The molecular weight excluding hydrogens is 260 g/mol. The van der Waals surface area contributed by atoms with Crippen LogP contribution in [-0.2, 0) is 0 Å². The first-order valence-electron chi connectivity index (χ1n) is 4.56. The number of nitrogen functional groups attached to an aromatic ring is 1. The Hall–Kier alpha value is -2.62. The summed E-state index contributed by atoms with van der Waals surface area (Å²) in [5.74, 6) is -0.643. The molecule has 1 amide bonds. The fourth-order valence-electron chi connectivity index (χ4n) is 1.19. The van der Waals surface area contributed by atoms with Crippen molar-refractivity contribution in [3.05, 3.63) is 34.1 Å². The van der Waals surface area contributed by atoms with Gasteiger partial charge in [0.25, 0.3) is 11.6 Å². The predicted molar refractivity (Wildman–Crippen MR) is 63.2 cm³/mol. The Morgan fingerprint density at radius 1 is 1.50 bits per heavy atom. The summed E-state index contributed by atoms with van der Waals surface area (Å²) in [6.45, 7) is 0. The molecule has 18 heavy (non-hydrogen) atoms. The highest BCUT2D eigenvalue weighted by Gasteiger charge is 2.21. The summed E-state index contributed by atoms with van der Waals surface area (Å²) in [4.78, 5) is 25.5. The fourth-order valence-corrected chi connectivity index (χ4v) is 1.61. The second-order valence-electron chi connectivity index (χ2n) is 3.12. The van der Waals surface area contributed by atoms with Gasteiger partial charge in [0.05, 0.1) is 11.1 Å². The van der Waals surface area contributed by atoms with Gasteiger partial charge < -0.3 is 11.1 Å². The molecule has 0 aromatic carbocycles. The summed E-state index contributed by atoms with van der Waals surface area (Å²) in [6, 6.07) is 1.14. The highest BCUT2D eigenvalue weighted by molar-refractivity contribution is 7.10. The van der Waals surface area contributed by atoms with Crippen LogP contribution in [0.1, 0.15) is 10.4 Å². The van der Waals surface area contributed by atoms with Gasteiger partial charge in [-0.05, 0) is 6.07 Å². The van der Waals surface area contributed by atoms with Gasteiger partial charge in [-0.3, -0.25) is 14.9 Å². The quantitative estimate of drug-likeness (QED) is 0.615. The van der Waals surface area contributed by atoms with Crippen molar-refractivity contribution in [3.8, 4) is 0 Å². The number of aromatic nitrogens is 3. The number of pyridine rings is 1. The molecule has 0 aliphatic heterocycles. The van der Waals surface area contributed by atoms with Crippen LogP contribution in [0.3, 0.4) is 0 Å². The molecule has 2 rings (SSSR count). The van der Waals surface area contributed by atoms with Gasteiger partial charge in [-0.15, -0.1) is 5.10 Å². The van der Waals surface area contributed by atoms with Crippen molar-refractivity contribution in [2.45, 2.75) is 0 Å². The van der Waals surface area contributed by atoms with E-state index in [1.54, 1.807) is 0 Å². The maximum atomic E-state index is 11.8. The molecule has 0 bridgehead atoms. The van der Waals surface area contributed by atoms with Crippen molar-refractivity contribution in [2.24, 2.45) is 0 Å². The Labute approximate surface area is 104 Å². The molecule has 0 fully saturated rings. The monoisotopic (exact) mass is 266 g/mol. The summed E-state index contributed by atoms with van der Waals surface area (Å²) >= 11 is 0.955. The Morgan fingerprint density at radius 2 is 2.28 bits per heavy atom. The molecule has 92 valence electrons. The standard InChI is InChI=1S/C8H6N6O3S/c9-6-1-4(5(2-10-6)14(16)17)8(15)12-7-3-11-13-18-7/h1-3H,(H2,9,10)(H,12,15). The van der Waals surface area contributed by atoms with Gasteiger partial charge in [0.2, 0.25) is 0 Å². The minimum atomic E-state index is -0.702. The highest BCUT2D eigenvalue weighted by atomic mass is 32.1. The van der Waals surface area contributed by atoms with Crippen molar-refractivity contribution in [3.63, 3.8) is 0 Å². The van der Waals surface area contributed by atoms with Gasteiger partial charge >= 0.3 is 0 Å². The maximum Gasteiger partial charge on any atom is 0.300 e. The lowest BCUT2D eigenvalue weighted by atomic mass is 10.2. The molecule has 2 aromatic rings. The van der Waals surface area contributed by atoms with Crippen LogP contribution in [0, 0.1) is 10.1 Å². The lowest BCUT2D eigenvalue weighted by Gasteiger charge is -2.03. The summed E-state index contributed by atoms with van der Waals surface area (Å²) in [7, 11) is 0. The predicted octanol–water partition coefficient (Wildman–Crippen LogP) is 0.676. The lowest BCUT2D eigenvalue weighted by Crippen LogP contribution is -2.14. The van der Waals surface area contributed by atoms with Crippen LogP contribution in [0.15, 0.2) is 18.5 Å². The molecule has 0 saturated heterocycles. The van der Waals surface area contributed by atoms with Gasteiger partial charge in [0.1, 0.15) is 22.6 Å². The summed E-state index contributed by atoms with van der Waals surface area (Å²) in [5.41, 5.74) is 4.82. The molecule has 0 spiro atoms. The Bertz CT molecular complexity index is 599. The first-order valence-corrected chi connectivity index (χ1v) is 5.34. The van der Waals surface area contributed by atoms with Crippen LogP contribution in [0.2, 0.25) is 0 Å². The normalized spacial score (nSPS) is 10.0. The number of anilines is 2. The molecule has 2 heterocycles. The third kappa shape index (κ3) is 2.38. The summed E-state index contributed by atoms with van der Waals surface area (Å²) < 4.78 is 3.55. The number of hydrogen-bond acceptors (Lipinski definition) is 8. The number of amides is 1. The van der Waals surface area contributed by atoms with Crippen molar-refractivity contribution >= 4 is 33.9 Å². The minimum absolute atomic E-state index is 0.0215. The van der Waals surface area contributed by atoms with E-state index in [1.807, 2.05) is 0 Å². The molecule has 3 N–H and O–H groups in total. The van der Waals surface area contributed by atoms with Gasteiger partial charge in [-0.1, -0.05) is 4.49 Å². The van der Waals surface area contributed by atoms with E-state index < -0.39 is 16.5 Å². The largest absolute Gasteiger partial charge is 0.384 e. The molecule has 10 heteroatoms. The van der Waals surface area contributed by atoms with Crippen LogP contribution in [0.25, 0.3) is 0 Å². The number of hydrogen-bond donors (Lipinski definition) is 2. The molecule has 9 nitrogen and oxygen atoms in total. The van der Waals surface area contributed by atoms with E-state index in [0.29, 0.717) is 5.00 Å². The zero-order chi connectivity index (χ0) is 13.1. The Balaban J connectivity index is 2.34. The molecule has 0 aliphatic carbocycles. The lowest BCUT2D eigenvalue weighted by molar-refractivity contribution is -0.385. The van der Waals surface area contributed by atoms with Crippen molar-refractivity contribution in [2.75, 3.05) is 11.1 Å². The zero-order valence-electron chi connectivity index (χ0n) is 8.73. The average molecular weight is 266 g/mol. The van der Waals surface area contributed by atoms with Crippen LogP contribution in [-0.4, -0.2) is 25.4 Å². The molecule has 0 atom stereocenters. The number of nitro groups is 1. The topological polar surface area (TPSA) is 137 Å². The number of nitrogens with two attached hydrogens (primary N) is 1. The Kier molecular flexibility index (Phi) is 3.10. The fraction of sp³-hybridized carbons (Fsp3) is 0. The molecule has 0 unspecified atom stereocenters. The average Bonchev–Trinajstić information content (AvgIpc) is 2.81. The van der Waals surface area contributed by atoms with E-state index in [1.165, 1.54) is 6.20 Å². The van der Waals surface area contributed by atoms with Crippen LogP contribution >= 0.6 is 11.5 Å². The van der Waals surface area contributed by atoms with Gasteiger partial charge in [0, 0.05) is 11.5 Å². The van der Waals surface area contributed by atoms with Crippen LogP contribution in [0.5, 0.6) is 0 Å². The molecule has 0 aliphatic rings. The van der Waals surface area contributed by atoms with Gasteiger partial charge in [0.15, 0.2) is 0 Å². The molecule has 0 radical (unpaired) electrons. The number of rotatable bonds is 3. The number of carbonyl (C=O) groups is 1. The Morgan fingerprint density at radius 3 is 2.89 bits per heavy atom. The van der Waals surface area contributed by atoms with E-state index in [9.17, 15) is 14.9 Å². The number of nitrogens with one attached hydrogen (secondary N) is 1. The second kappa shape index (κ2) is 4.71. The second-order valence-corrected chi connectivity index (χ2v) is 3.91. The van der Waals surface area contributed by atoms with E-state index in [0.717, 1.165) is 23.8 Å². The van der Waals surface area contributed by atoms with E-state index in [4.69, 9.17) is 5.73 Å².